The van der Waals surface area contributed by atoms with E-state index in [0.717, 1.165) is 37.1 Å². The highest BCUT2D eigenvalue weighted by Gasteiger charge is 2.30. The van der Waals surface area contributed by atoms with Crippen LogP contribution < -0.4 is 15.4 Å². The van der Waals surface area contributed by atoms with Crippen molar-refractivity contribution in [2.24, 2.45) is 0 Å². The number of alkyl halides is 3. The Morgan fingerprint density at radius 1 is 1.03 bits per heavy atom. The van der Waals surface area contributed by atoms with Gasteiger partial charge in [-0.3, -0.25) is 14.6 Å². The highest BCUT2D eigenvalue weighted by Crippen LogP contribution is 2.30. The van der Waals surface area contributed by atoms with Crippen molar-refractivity contribution < 1.29 is 32.6 Å². The van der Waals surface area contributed by atoms with E-state index in [1.165, 1.54) is 12.1 Å². The maximum atomic E-state index is 12.8. The molecule has 1 unspecified atom stereocenters. The van der Waals surface area contributed by atoms with Gasteiger partial charge in [-0.2, -0.15) is 13.2 Å². The maximum absolute atomic E-state index is 12.8. The number of aromatic nitrogens is 1. The van der Waals surface area contributed by atoms with Crippen molar-refractivity contribution >= 4 is 17.6 Å². The minimum absolute atomic E-state index is 0.0141. The van der Waals surface area contributed by atoms with Crippen molar-refractivity contribution in [1.82, 2.24) is 10.3 Å². The number of carboxylic acids is 1. The summed E-state index contributed by atoms with van der Waals surface area (Å²) in [6, 6.07) is 15.2. The number of carbonyl (C=O) groups is 2. The molecule has 3 rings (SSSR count). The zero-order valence-corrected chi connectivity index (χ0v) is 20.9. The predicted molar refractivity (Wildman–Crippen MR) is 138 cm³/mol. The Balaban J connectivity index is 1.56. The third-order valence-electron chi connectivity index (χ3n) is 5.74. The number of anilines is 1. The summed E-state index contributed by atoms with van der Waals surface area (Å²) in [5, 5.41) is 14.7. The van der Waals surface area contributed by atoms with E-state index in [9.17, 15) is 22.8 Å². The first-order chi connectivity index (χ1) is 18.2. The number of halogens is 3. The lowest BCUT2D eigenvalue weighted by atomic mass is 10.1. The van der Waals surface area contributed by atoms with Crippen LogP contribution in [0.3, 0.4) is 0 Å². The number of hydrogen-bond donors (Lipinski definition) is 3. The van der Waals surface area contributed by atoms with Crippen molar-refractivity contribution in [2.45, 2.75) is 44.8 Å². The van der Waals surface area contributed by atoms with Gasteiger partial charge in [0.1, 0.15) is 12.4 Å². The summed E-state index contributed by atoms with van der Waals surface area (Å²) in [5.74, 6) is -0.774. The Morgan fingerprint density at radius 2 is 1.74 bits per heavy atom. The Bertz CT molecular complexity index is 1180. The molecule has 0 bridgehead atoms. The highest BCUT2D eigenvalue weighted by atomic mass is 19.4. The fraction of sp³-hybridized carbons (Fsp3) is 0.321. The molecule has 0 spiro atoms. The Labute approximate surface area is 219 Å². The van der Waals surface area contributed by atoms with E-state index in [4.69, 9.17) is 9.84 Å². The molecule has 0 aliphatic heterocycles. The number of aliphatic carboxylic acids is 1. The number of carboxylic acid groups (broad SMARTS) is 1. The third kappa shape index (κ3) is 8.79. The minimum Gasteiger partial charge on any atom is -0.490 e. The summed E-state index contributed by atoms with van der Waals surface area (Å²) in [5.41, 5.74) is 1.65. The fourth-order valence-electron chi connectivity index (χ4n) is 3.65. The fourth-order valence-corrected chi connectivity index (χ4v) is 3.65. The van der Waals surface area contributed by atoms with E-state index in [0.29, 0.717) is 29.2 Å². The largest absolute Gasteiger partial charge is 0.490 e. The van der Waals surface area contributed by atoms with E-state index in [1.807, 2.05) is 0 Å². The molecule has 7 nitrogen and oxygen atoms in total. The normalized spacial score (nSPS) is 12.0. The molecule has 3 N–H and O–H groups in total. The van der Waals surface area contributed by atoms with Crippen LogP contribution in [0.2, 0.25) is 0 Å². The van der Waals surface area contributed by atoms with Gasteiger partial charge in [0.15, 0.2) is 0 Å². The van der Waals surface area contributed by atoms with E-state index in [1.54, 1.807) is 42.6 Å². The summed E-state index contributed by atoms with van der Waals surface area (Å²) < 4.78 is 44.3. The Hall–Kier alpha value is -4.08. The van der Waals surface area contributed by atoms with E-state index in [2.05, 4.69) is 22.5 Å². The van der Waals surface area contributed by atoms with Crippen LogP contribution in [0.15, 0.2) is 66.9 Å². The maximum Gasteiger partial charge on any atom is 0.416 e. The van der Waals surface area contributed by atoms with Crippen LogP contribution >= 0.6 is 0 Å². The van der Waals surface area contributed by atoms with Crippen LogP contribution in [0.1, 0.15) is 48.5 Å². The number of pyridine rings is 1. The lowest BCUT2D eigenvalue weighted by Crippen LogP contribution is -2.27. The lowest BCUT2D eigenvalue weighted by Gasteiger charge is -2.20. The molecule has 0 aliphatic rings. The number of amides is 1. The minimum atomic E-state index is -4.38. The predicted octanol–water partition coefficient (Wildman–Crippen LogP) is 6.02. The number of unbranched alkanes of at least 4 members (excludes halogenated alkanes) is 1. The van der Waals surface area contributed by atoms with Crippen LogP contribution in [0.25, 0.3) is 11.3 Å². The number of rotatable bonds is 13. The first-order valence-corrected chi connectivity index (χ1v) is 12.3. The van der Waals surface area contributed by atoms with Gasteiger partial charge in [0.05, 0.1) is 29.9 Å². The van der Waals surface area contributed by atoms with Gasteiger partial charge in [0.2, 0.25) is 0 Å². The average molecular weight is 530 g/mol. The van der Waals surface area contributed by atoms with E-state index >= 15 is 0 Å². The molecular weight excluding hydrogens is 499 g/mol. The molecule has 0 saturated carbocycles. The standard InChI is InChI=1S/C28H30F3N3O4/c1-2-3-4-23(34-22-11-7-20(8-12-22)27(37)32-16-15-26(35)36)18-38-24-13-14-25(33-17-24)19-5-9-21(10-6-19)28(29,30)31/h5-14,17,23,34H,2-4,15-16,18H2,1H3,(H,32,37)(H,35,36). The SMILES string of the molecule is CCCCC(COc1ccc(-c2ccc(C(F)(F)F)cc2)nc1)Nc1ccc(C(=O)NCCC(=O)O)cc1. The number of benzene rings is 2. The first kappa shape index (κ1) is 28.5. The number of ether oxygens (including phenoxy) is 1. The highest BCUT2D eigenvalue weighted by molar-refractivity contribution is 5.94. The first-order valence-electron chi connectivity index (χ1n) is 12.3. The molecule has 1 aromatic heterocycles. The number of nitrogens with one attached hydrogen (secondary N) is 2. The molecule has 38 heavy (non-hydrogen) atoms. The molecule has 1 heterocycles. The van der Waals surface area contributed by atoms with Crippen LogP contribution in [-0.4, -0.2) is 41.2 Å². The second-order valence-electron chi connectivity index (χ2n) is 8.73. The zero-order valence-electron chi connectivity index (χ0n) is 20.9. The van der Waals surface area contributed by atoms with Gasteiger partial charge in [-0.1, -0.05) is 31.9 Å². The monoisotopic (exact) mass is 529 g/mol. The molecule has 0 aliphatic carbocycles. The molecule has 3 aromatic rings. The topological polar surface area (TPSA) is 101 Å². The Morgan fingerprint density at radius 3 is 2.32 bits per heavy atom. The number of nitrogens with zero attached hydrogens (tertiary/aromatic N) is 1. The molecule has 2 aromatic carbocycles. The number of hydrogen-bond acceptors (Lipinski definition) is 5. The van der Waals surface area contributed by atoms with Crippen LogP contribution in [0.4, 0.5) is 18.9 Å². The molecular formula is C28H30F3N3O4. The van der Waals surface area contributed by atoms with Crippen molar-refractivity contribution in [3.8, 4) is 17.0 Å². The molecule has 1 amide bonds. The second-order valence-corrected chi connectivity index (χ2v) is 8.73. The summed E-state index contributed by atoms with van der Waals surface area (Å²) in [7, 11) is 0. The average Bonchev–Trinajstić information content (AvgIpc) is 2.90. The van der Waals surface area contributed by atoms with Crippen LogP contribution in [-0.2, 0) is 11.0 Å². The van der Waals surface area contributed by atoms with Gasteiger partial charge in [0, 0.05) is 23.4 Å². The van der Waals surface area contributed by atoms with Crippen molar-refractivity contribution in [2.75, 3.05) is 18.5 Å². The van der Waals surface area contributed by atoms with Gasteiger partial charge in [-0.15, -0.1) is 0 Å². The molecule has 0 saturated heterocycles. The lowest BCUT2D eigenvalue weighted by molar-refractivity contribution is -0.138. The molecule has 0 radical (unpaired) electrons. The quantitative estimate of drug-likeness (QED) is 0.250. The van der Waals surface area contributed by atoms with Crippen molar-refractivity contribution in [3.05, 3.63) is 78.0 Å². The number of carbonyl (C=O) groups excluding carboxylic acids is 1. The van der Waals surface area contributed by atoms with Gasteiger partial charge < -0.3 is 20.5 Å². The molecule has 202 valence electrons. The van der Waals surface area contributed by atoms with E-state index < -0.39 is 17.7 Å². The summed E-state index contributed by atoms with van der Waals surface area (Å²) in [6.07, 6.45) is -0.135. The van der Waals surface area contributed by atoms with Crippen molar-refractivity contribution in [3.63, 3.8) is 0 Å². The van der Waals surface area contributed by atoms with Gasteiger partial charge >= 0.3 is 12.1 Å². The second kappa shape index (κ2) is 13.5. The van der Waals surface area contributed by atoms with Crippen LogP contribution in [0, 0.1) is 0 Å². The molecule has 0 fully saturated rings. The van der Waals surface area contributed by atoms with Crippen LogP contribution in [0.5, 0.6) is 5.75 Å². The Kier molecular flexibility index (Phi) is 10.1. The van der Waals surface area contributed by atoms with Gasteiger partial charge in [-0.05, 0) is 55.0 Å². The molecule has 1 atom stereocenters. The van der Waals surface area contributed by atoms with E-state index in [-0.39, 0.29) is 24.9 Å². The summed E-state index contributed by atoms with van der Waals surface area (Å²) >= 11 is 0. The smallest absolute Gasteiger partial charge is 0.416 e. The van der Waals surface area contributed by atoms with Crippen molar-refractivity contribution in [1.29, 1.82) is 0 Å². The zero-order chi connectivity index (χ0) is 27.5. The van der Waals surface area contributed by atoms with Gasteiger partial charge in [-0.25, -0.2) is 0 Å². The molecule has 10 heteroatoms. The summed E-state index contributed by atoms with van der Waals surface area (Å²) in [6.45, 7) is 2.52. The summed E-state index contributed by atoms with van der Waals surface area (Å²) in [4.78, 5) is 27.0. The third-order valence-corrected chi connectivity index (χ3v) is 5.74. The van der Waals surface area contributed by atoms with Gasteiger partial charge in [0.25, 0.3) is 5.91 Å².